The molecule has 0 saturated carbocycles. The summed E-state index contributed by atoms with van der Waals surface area (Å²) in [5, 5.41) is 0. The van der Waals surface area contributed by atoms with Crippen molar-refractivity contribution in [2.24, 2.45) is 0 Å². The molecule has 1 aromatic heterocycles. The summed E-state index contributed by atoms with van der Waals surface area (Å²) in [6, 6.07) is 1.81. The van der Waals surface area contributed by atoms with Gasteiger partial charge in [-0.05, 0) is 32.1 Å². The van der Waals surface area contributed by atoms with Crippen molar-refractivity contribution in [2.45, 2.75) is 13.8 Å². The summed E-state index contributed by atoms with van der Waals surface area (Å²) in [5.74, 6) is 0.574. The molecule has 3 nitrogen and oxygen atoms in total. The van der Waals surface area contributed by atoms with Gasteiger partial charge in [-0.2, -0.15) is 0 Å². The SMILES string of the molecule is CC(=O)/C=C/c1nccc(C)n1. The van der Waals surface area contributed by atoms with Crippen molar-refractivity contribution in [1.29, 1.82) is 0 Å². The van der Waals surface area contributed by atoms with Crippen molar-refractivity contribution in [3.63, 3.8) is 0 Å². The number of aromatic nitrogens is 2. The fraction of sp³-hybridized carbons (Fsp3) is 0.222. The van der Waals surface area contributed by atoms with E-state index >= 15 is 0 Å². The average Bonchev–Trinajstić information content (AvgIpc) is 2.01. The van der Waals surface area contributed by atoms with Gasteiger partial charge in [-0.15, -0.1) is 0 Å². The Morgan fingerprint density at radius 3 is 2.92 bits per heavy atom. The quantitative estimate of drug-likeness (QED) is 0.617. The maximum Gasteiger partial charge on any atom is 0.152 e. The van der Waals surface area contributed by atoms with E-state index in [2.05, 4.69) is 9.97 Å². The highest BCUT2D eigenvalue weighted by molar-refractivity contribution is 5.90. The number of hydrogen-bond donors (Lipinski definition) is 0. The van der Waals surface area contributed by atoms with E-state index in [9.17, 15) is 4.79 Å². The first-order valence-electron chi connectivity index (χ1n) is 3.67. The molecule has 0 spiro atoms. The second-order valence-electron chi connectivity index (χ2n) is 2.50. The number of ketones is 1. The summed E-state index contributed by atoms with van der Waals surface area (Å²) in [7, 11) is 0. The third kappa shape index (κ3) is 2.62. The molecule has 12 heavy (non-hydrogen) atoms. The van der Waals surface area contributed by atoms with Gasteiger partial charge in [-0.1, -0.05) is 0 Å². The van der Waals surface area contributed by atoms with Crippen LogP contribution >= 0.6 is 0 Å². The minimum atomic E-state index is 0.0000983. The van der Waals surface area contributed by atoms with Gasteiger partial charge in [-0.3, -0.25) is 4.79 Å². The molecule has 0 fully saturated rings. The highest BCUT2D eigenvalue weighted by Gasteiger charge is 1.90. The van der Waals surface area contributed by atoms with Gasteiger partial charge in [0.05, 0.1) is 0 Å². The average molecular weight is 162 g/mol. The molecule has 0 saturated heterocycles. The zero-order chi connectivity index (χ0) is 8.97. The third-order valence-electron chi connectivity index (χ3n) is 1.28. The van der Waals surface area contributed by atoms with Crippen LogP contribution in [0.25, 0.3) is 6.08 Å². The third-order valence-corrected chi connectivity index (χ3v) is 1.28. The Hall–Kier alpha value is -1.51. The largest absolute Gasteiger partial charge is 0.295 e. The van der Waals surface area contributed by atoms with Crippen LogP contribution in [-0.2, 0) is 4.79 Å². The standard InChI is InChI=1S/C9H10N2O/c1-7-5-6-10-9(11-7)4-3-8(2)12/h3-6H,1-2H3/b4-3+. The molecule has 0 unspecified atom stereocenters. The second kappa shape index (κ2) is 3.76. The molecule has 0 atom stereocenters. The van der Waals surface area contributed by atoms with Crippen LogP contribution in [0.4, 0.5) is 0 Å². The van der Waals surface area contributed by atoms with Gasteiger partial charge in [-0.25, -0.2) is 9.97 Å². The number of rotatable bonds is 2. The maximum atomic E-state index is 10.6. The van der Waals surface area contributed by atoms with Gasteiger partial charge in [0.15, 0.2) is 11.6 Å². The Kier molecular flexibility index (Phi) is 2.69. The fourth-order valence-corrected chi connectivity index (χ4v) is 0.741. The molecule has 0 amide bonds. The highest BCUT2D eigenvalue weighted by atomic mass is 16.1. The van der Waals surface area contributed by atoms with E-state index in [0.29, 0.717) is 5.82 Å². The Balaban J connectivity index is 2.83. The summed E-state index contributed by atoms with van der Waals surface area (Å²) in [6.07, 6.45) is 4.73. The lowest BCUT2D eigenvalue weighted by atomic mass is 10.3. The lowest BCUT2D eigenvalue weighted by Crippen LogP contribution is -1.89. The Morgan fingerprint density at radius 2 is 2.33 bits per heavy atom. The summed E-state index contributed by atoms with van der Waals surface area (Å²) in [4.78, 5) is 18.6. The zero-order valence-corrected chi connectivity index (χ0v) is 7.11. The lowest BCUT2D eigenvalue weighted by Gasteiger charge is -1.92. The molecule has 0 aromatic carbocycles. The van der Waals surface area contributed by atoms with E-state index < -0.39 is 0 Å². The van der Waals surface area contributed by atoms with Crippen LogP contribution in [0, 0.1) is 6.92 Å². The number of carbonyl (C=O) groups is 1. The maximum absolute atomic E-state index is 10.6. The van der Waals surface area contributed by atoms with Gasteiger partial charge in [0.25, 0.3) is 0 Å². The normalized spacial score (nSPS) is 10.5. The number of carbonyl (C=O) groups excluding carboxylic acids is 1. The monoisotopic (exact) mass is 162 g/mol. The van der Waals surface area contributed by atoms with Crippen LogP contribution in [0.1, 0.15) is 18.4 Å². The fourth-order valence-electron chi connectivity index (χ4n) is 0.741. The molecule has 0 radical (unpaired) electrons. The molecular formula is C9H10N2O. The number of hydrogen-bond acceptors (Lipinski definition) is 3. The predicted molar refractivity (Wildman–Crippen MR) is 46.5 cm³/mol. The highest BCUT2D eigenvalue weighted by Crippen LogP contribution is 1.95. The number of nitrogens with zero attached hydrogens (tertiary/aromatic N) is 2. The predicted octanol–water partition coefficient (Wildman–Crippen LogP) is 1.39. The molecule has 1 aromatic rings. The topological polar surface area (TPSA) is 42.9 Å². The Morgan fingerprint density at radius 1 is 1.58 bits per heavy atom. The molecular weight excluding hydrogens is 152 g/mol. The van der Waals surface area contributed by atoms with Crippen molar-refractivity contribution in [2.75, 3.05) is 0 Å². The van der Waals surface area contributed by atoms with Crippen molar-refractivity contribution >= 4 is 11.9 Å². The first-order chi connectivity index (χ1) is 5.68. The minimum absolute atomic E-state index is 0.0000983. The zero-order valence-electron chi connectivity index (χ0n) is 7.11. The molecule has 0 N–H and O–H groups in total. The Bertz CT molecular complexity index is 318. The summed E-state index contributed by atoms with van der Waals surface area (Å²) in [5.41, 5.74) is 0.896. The van der Waals surface area contributed by atoms with Crippen LogP contribution in [0.15, 0.2) is 18.3 Å². The molecule has 0 aliphatic carbocycles. The summed E-state index contributed by atoms with van der Waals surface area (Å²) in [6.45, 7) is 3.37. The van der Waals surface area contributed by atoms with Crippen LogP contribution in [0.2, 0.25) is 0 Å². The molecule has 1 heterocycles. The minimum Gasteiger partial charge on any atom is -0.295 e. The van der Waals surface area contributed by atoms with E-state index in [0.717, 1.165) is 5.69 Å². The first kappa shape index (κ1) is 8.59. The Labute approximate surface area is 71.2 Å². The van der Waals surface area contributed by atoms with Crippen molar-refractivity contribution in [3.8, 4) is 0 Å². The second-order valence-corrected chi connectivity index (χ2v) is 2.50. The van der Waals surface area contributed by atoms with E-state index in [1.165, 1.54) is 13.0 Å². The molecule has 3 heteroatoms. The molecule has 0 aliphatic rings. The van der Waals surface area contributed by atoms with Crippen LogP contribution < -0.4 is 0 Å². The number of aryl methyl sites for hydroxylation is 1. The lowest BCUT2D eigenvalue weighted by molar-refractivity contribution is -0.112. The summed E-state index contributed by atoms with van der Waals surface area (Å²) >= 11 is 0. The van der Waals surface area contributed by atoms with Gasteiger partial charge in [0.2, 0.25) is 0 Å². The van der Waals surface area contributed by atoms with Crippen molar-refractivity contribution in [3.05, 3.63) is 29.9 Å². The van der Waals surface area contributed by atoms with E-state index in [4.69, 9.17) is 0 Å². The van der Waals surface area contributed by atoms with Crippen LogP contribution in [0.3, 0.4) is 0 Å². The smallest absolute Gasteiger partial charge is 0.152 e. The van der Waals surface area contributed by atoms with Crippen LogP contribution in [-0.4, -0.2) is 15.8 Å². The van der Waals surface area contributed by atoms with Gasteiger partial charge < -0.3 is 0 Å². The first-order valence-corrected chi connectivity index (χ1v) is 3.67. The molecule has 1 rings (SSSR count). The van der Waals surface area contributed by atoms with E-state index in [1.54, 1.807) is 12.3 Å². The number of allylic oxidation sites excluding steroid dienone is 1. The van der Waals surface area contributed by atoms with Crippen molar-refractivity contribution < 1.29 is 4.79 Å². The van der Waals surface area contributed by atoms with E-state index in [-0.39, 0.29) is 5.78 Å². The molecule has 0 aliphatic heterocycles. The van der Waals surface area contributed by atoms with Gasteiger partial charge in [0.1, 0.15) is 0 Å². The van der Waals surface area contributed by atoms with Crippen LogP contribution in [0.5, 0.6) is 0 Å². The van der Waals surface area contributed by atoms with Gasteiger partial charge in [0, 0.05) is 11.9 Å². The molecule has 62 valence electrons. The van der Waals surface area contributed by atoms with Gasteiger partial charge >= 0.3 is 0 Å². The van der Waals surface area contributed by atoms with E-state index in [1.807, 2.05) is 13.0 Å². The summed E-state index contributed by atoms with van der Waals surface area (Å²) < 4.78 is 0. The molecule has 0 bridgehead atoms. The van der Waals surface area contributed by atoms with Crippen molar-refractivity contribution in [1.82, 2.24) is 9.97 Å².